The summed E-state index contributed by atoms with van der Waals surface area (Å²) in [5, 5.41) is 16.4. The molecule has 4 heteroatoms. The molecule has 0 rings (SSSR count). The molecule has 96 valence electrons. The summed E-state index contributed by atoms with van der Waals surface area (Å²) in [4.78, 5) is 19.9. The molecule has 0 aliphatic rings. The van der Waals surface area contributed by atoms with Crippen LogP contribution in [0.4, 0.5) is 0 Å². The van der Waals surface area contributed by atoms with E-state index in [1.54, 1.807) is 0 Å². The van der Waals surface area contributed by atoms with Crippen LogP contribution in [0.5, 0.6) is 0 Å². The number of carboxylic acids is 2. The zero-order valence-electron chi connectivity index (χ0n) is 10.7. The van der Waals surface area contributed by atoms with Crippen LogP contribution in [-0.2, 0) is 9.59 Å². The number of hydrogen-bond acceptors (Lipinski definition) is 2. The lowest BCUT2D eigenvalue weighted by Crippen LogP contribution is -2.02. The highest BCUT2D eigenvalue weighted by atomic mass is 16.4. The molecule has 0 bridgehead atoms. The summed E-state index contributed by atoms with van der Waals surface area (Å²) >= 11 is 0. The van der Waals surface area contributed by atoms with Crippen molar-refractivity contribution >= 4 is 11.9 Å². The molecule has 0 spiro atoms. The van der Waals surface area contributed by atoms with Crippen LogP contribution < -0.4 is 0 Å². The standard InChI is InChI=1S/2C6H12O2/c1-5(2)3-4-6(7)8;1-3-5(2)4-6(7)8/h2*5H,3-4H2,1-2H3,(H,7,8). The molecule has 16 heavy (non-hydrogen) atoms. The predicted octanol–water partition coefficient (Wildman–Crippen LogP) is 3.01. The Morgan fingerprint density at radius 2 is 1.56 bits per heavy atom. The number of carbonyl (C=O) groups is 2. The van der Waals surface area contributed by atoms with E-state index in [-0.39, 0.29) is 0 Å². The number of hydrogen-bond donors (Lipinski definition) is 2. The molecule has 0 aliphatic carbocycles. The van der Waals surface area contributed by atoms with Gasteiger partial charge in [-0.25, -0.2) is 0 Å². The van der Waals surface area contributed by atoms with Gasteiger partial charge in [0.1, 0.15) is 0 Å². The second-order valence-electron chi connectivity index (χ2n) is 4.44. The number of rotatable bonds is 6. The molecule has 0 saturated carbocycles. The van der Waals surface area contributed by atoms with Gasteiger partial charge in [0.25, 0.3) is 0 Å². The lowest BCUT2D eigenvalue weighted by molar-refractivity contribution is -0.138. The van der Waals surface area contributed by atoms with Crippen LogP contribution in [0, 0.1) is 11.8 Å². The van der Waals surface area contributed by atoms with E-state index < -0.39 is 11.9 Å². The maximum atomic E-state index is 9.97. The summed E-state index contributed by atoms with van der Waals surface area (Å²) in [5.41, 5.74) is 0. The van der Waals surface area contributed by atoms with Crippen LogP contribution in [0.25, 0.3) is 0 Å². The number of aliphatic carboxylic acids is 2. The van der Waals surface area contributed by atoms with Crippen molar-refractivity contribution in [2.45, 2.75) is 53.4 Å². The van der Waals surface area contributed by atoms with Crippen LogP contribution in [-0.4, -0.2) is 22.2 Å². The van der Waals surface area contributed by atoms with Crippen molar-refractivity contribution in [3.63, 3.8) is 0 Å². The van der Waals surface area contributed by atoms with Crippen molar-refractivity contribution in [3.05, 3.63) is 0 Å². The molecule has 0 amide bonds. The molecule has 1 unspecified atom stereocenters. The zero-order chi connectivity index (χ0) is 13.1. The quantitative estimate of drug-likeness (QED) is 0.738. The van der Waals surface area contributed by atoms with Crippen molar-refractivity contribution in [2.75, 3.05) is 0 Å². The van der Waals surface area contributed by atoms with Gasteiger partial charge >= 0.3 is 11.9 Å². The molecule has 2 N–H and O–H groups in total. The van der Waals surface area contributed by atoms with Gasteiger partial charge in [0.15, 0.2) is 0 Å². The highest BCUT2D eigenvalue weighted by Gasteiger charge is 2.02. The molecule has 1 atom stereocenters. The zero-order valence-corrected chi connectivity index (χ0v) is 10.7. The van der Waals surface area contributed by atoms with Gasteiger partial charge in [-0.05, 0) is 18.3 Å². The Kier molecular flexibility index (Phi) is 11.3. The van der Waals surface area contributed by atoms with E-state index in [4.69, 9.17) is 10.2 Å². The third-order valence-electron chi connectivity index (χ3n) is 2.16. The van der Waals surface area contributed by atoms with Crippen LogP contribution in [0.15, 0.2) is 0 Å². The highest BCUT2D eigenvalue weighted by molar-refractivity contribution is 5.67. The molecule has 0 aliphatic heterocycles. The molecular weight excluding hydrogens is 208 g/mol. The molecule has 0 aromatic rings. The topological polar surface area (TPSA) is 74.6 Å². The van der Waals surface area contributed by atoms with Gasteiger partial charge in [-0.3, -0.25) is 9.59 Å². The molecule has 0 aromatic heterocycles. The van der Waals surface area contributed by atoms with Crippen molar-refractivity contribution in [2.24, 2.45) is 11.8 Å². The Hall–Kier alpha value is -1.06. The predicted molar refractivity (Wildman–Crippen MR) is 63.4 cm³/mol. The SMILES string of the molecule is CC(C)CCC(=O)O.CCC(C)CC(=O)O. The molecule has 0 fully saturated rings. The average molecular weight is 232 g/mol. The van der Waals surface area contributed by atoms with E-state index in [1.165, 1.54) is 0 Å². The minimum atomic E-state index is -0.696. The summed E-state index contributed by atoms with van der Waals surface area (Å²) in [6, 6.07) is 0. The fraction of sp³-hybridized carbons (Fsp3) is 0.833. The smallest absolute Gasteiger partial charge is 0.303 e. The fourth-order valence-electron chi connectivity index (χ4n) is 0.855. The highest BCUT2D eigenvalue weighted by Crippen LogP contribution is 2.04. The summed E-state index contributed by atoms with van der Waals surface area (Å²) in [7, 11) is 0. The largest absolute Gasteiger partial charge is 0.481 e. The van der Waals surface area contributed by atoms with Crippen LogP contribution in [0.1, 0.15) is 53.4 Å². The van der Waals surface area contributed by atoms with Gasteiger partial charge in [-0.1, -0.05) is 34.1 Å². The fourth-order valence-corrected chi connectivity index (χ4v) is 0.855. The summed E-state index contributed by atoms with van der Waals surface area (Å²) in [5.74, 6) is -0.559. The van der Waals surface area contributed by atoms with Gasteiger partial charge in [0, 0.05) is 12.8 Å². The van der Waals surface area contributed by atoms with Crippen LogP contribution in [0.2, 0.25) is 0 Å². The second kappa shape index (κ2) is 10.5. The van der Waals surface area contributed by atoms with E-state index >= 15 is 0 Å². The summed E-state index contributed by atoms with van der Waals surface area (Å²) < 4.78 is 0. The first-order valence-electron chi connectivity index (χ1n) is 5.73. The molecule has 0 aromatic carbocycles. The molecular formula is C12H24O4. The minimum Gasteiger partial charge on any atom is -0.481 e. The Bertz CT molecular complexity index is 199. The average Bonchev–Trinajstić information content (AvgIpc) is 2.14. The van der Waals surface area contributed by atoms with E-state index in [9.17, 15) is 9.59 Å². The minimum absolute atomic E-state index is 0.302. The van der Waals surface area contributed by atoms with Crippen molar-refractivity contribution in [1.82, 2.24) is 0 Å². The van der Waals surface area contributed by atoms with Crippen LogP contribution in [0.3, 0.4) is 0 Å². The third kappa shape index (κ3) is 18.7. The van der Waals surface area contributed by atoms with Gasteiger partial charge in [0.2, 0.25) is 0 Å². The first-order chi connectivity index (χ1) is 7.29. The monoisotopic (exact) mass is 232 g/mol. The van der Waals surface area contributed by atoms with Crippen molar-refractivity contribution in [1.29, 1.82) is 0 Å². The Labute approximate surface area is 97.7 Å². The van der Waals surface area contributed by atoms with E-state index in [0.717, 1.165) is 12.8 Å². The Balaban J connectivity index is 0. The van der Waals surface area contributed by atoms with Crippen molar-refractivity contribution < 1.29 is 19.8 Å². The van der Waals surface area contributed by atoms with Gasteiger partial charge in [-0.2, -0.15) is 0 Å². The molecule has 0 radical (unpaired) electrons. The summed E-state index contributed by atoms with van der Waals surface area (Å²) in [6.45, 7) is 7.97. The molecule has 4 nitrogen and oxygen atoms in total. The molecule has 0 heterocycles. The van der Waals surface area contributed by atoms with Crippen molar-refractivity contribution in [3.8, 4) is 0 Å². The maximum absolute atomic E-state index is 9.97. The van der Waals surface area contributed by atoms with E-state index in [1.807, 2.05) is 27.7 Å². The first kappa shape index (κ1) is 17.3. The maximum Gasteiger partial charge on any atom is 0.303 e. The lowest BCUT2D eigenvalue weighted by atomic mass is 10.1. The normalized spacial score (nSPS) is 11.6. The van der Waals surface area contributed by atoms with Gasteiger partial charge < -0.3 is 10.2 Å². The van der Waals surface area contributed by atoms with E-state index in [2.05, 4.69) is 0 Å². The Morgan fingerprint density at radius 1 is 1.06 bits per heavy atom. The van der Waals surface area contributed by atoms with E-state index in [0.29, 0.717) is 24.7 Å². The van der Waals surface area contributed by atoms with Crippen LogP contribution >= 0.6 is 0 Å². The Morgan fingerprint density at radius 3 is 1.69 bits per heavy atom. The first-order valence-corrected chi connectivity index (χ1v) is 5.73. The van der Waals surface area contributed by atoms with Gasteiger partial charge in [0.05, 0.1) is 0 Å². The summed E-state index contributed by atoms with van der Waals surface area (Å²) in [6.07, 6.45) is 2.34. The third-order valence-corrected chi connectivity index (χ3v) is 2.16. The number of carboxylic acid groups (broad SMARTS) is 2. The van der Waals surface area contributed by atoms with Gasteiger partial charge in [-0.15, -0.1) is 0 Å². The lowest BCUT2D eigenvalue weighted by Gasteiger charge is -2.00. The molecule has 0 saturated heterocycles. The second-order valence-corrected chi connectivity index (χ2v) is 4.44.